The van der Waals surface area contributed by atoms with E-state index in [1.54, 1.807) is 0 Å². The Hall–Kier alpha value is -1.14. The van der Waals surface area contributed by atoms with Crippen LogP contribution in [-0.4, -0.2) is 78.4 Å². The zero-order chi connectivity index (χ0) is 17.1. The van der Waals surface area contributed by atoms with Gasteiger partial charge in [0.2, 0.25) is 11.8 Å². The largest absolute Gasteiger partial charge is 0.342 e. The molecule has 0 aromatic rings. The topological polar surface area (TPSA) is 69.9 Å². The van der Waals surface area contributed by atoms with Crippen LogP contribution in [0.1, 0.15) is 39.0 Å². The summed E-state index contributed by atoms with van der Waals surface area (Å²) >= 11 is 0. The van der Waals surface area contributed by atoms with E-state index in [0.29, 0.717) is 31.5 Å². The van der Waals surface area contributed by atoms with Gasteiger partial charge in [-0.05, 0) is 51.2 Å². The summed E-state index contributed by atoms with van der Waals surface area (Å²) in [6.07, 6.45) is 4.79. The second kappa shape index (κ2) is 7.83. The molecule has 3 fully saturated rings. The zero-order valence-electron chi connectivity index (χ0n) is 15.0. The van der Waals surface area contributed by atoms with Gasteiger partial charge in [0.25, 0.3) is 0 Å². The smallest absolute Gasteiger partial charge is 0.227 e. The first-order chi connectivity index (χ1) is 11.6. The molecule has 0 aromatic carbocycles. The van der Waals surface area contributed by atoms with Gasteiger partial charge >= 0.3 is 0 Å². The Kier molecular flexibility index (Phi) is 5.76. The predicted octanol–water partition coefficient (Wildman–Crippen LogP) is 0.517. The van der Waals surface area contributed by atoms with Crippen molar-refractivity contribution in [3.05, 3.63) is 0 Å². The molecule has 0 bridgehead atoms. The number of nitrogens with zero attached hydrogens (tertiary/aromatic N) is 3. The maximum absolute atomic E-state index is 12.7. The predicted molar refractivity (Wildman–Crippen MR) is 93.3 cm³/mol. The molecule has 3 saturated heterocycles. The van der Waals surface area contributed by atoms with E-state index in [0.717, 1.165) is 45.6 Å². The Balaban J connectivity index is 1.51. The second-order valence-corrected chi connectivity index (χ2v) is 7.63. The van der Waals surface area contributed by atoms with Crippen molar-refractivity contribution in [2.75, 3.05) is 45.8 Å². The summed E-state index contributed by atoms with van der Waals surface area (Å²) in [6, 6.07) is 0.480. The highest BCUT2D eigenvalue weighted by molar-refractivity contribution is 5.89. The molecular weight excluding hydrogens is 304 g/mol. The van der Waals surface area contributed by atoms with E-state index in [1.165, 1.54) is 12.8 Å². The minimum absolute atomic E-state index is 0.136. The second-order valence-electron chi connectivity index (χ2n) is 7.63. The maximum Gasteiger partial charge on any atom is 0.227 e. The van der Waals surface area contributed by atoms with Gasteiger partial charge in [0.1, 0.15) is 0 Å². The standard InChI is InChI=1S/C18H32N4O2/c1-2-20-7-3-4-16(20)13-22-12-15(10-17(22)23)18(24)21-8-5-14(11-19)6-9-21/h14-16H,2-13,19H2,1H3. The lowest BCUT2D eigenvalue weighted by atomic mass is 9.95. The van der Waals surface area contributed by atoms with Crippen molar-refractivity contribution in [2.24, 2.45) is 17.6 Å². The molecule has 3 heterocycles. The third-order valence-corrected chi connectivity index (χ3v) is 6.16. The third kappa shape index (κ3) is 3.75. The normalized spacial score (nSPS) is 29.7. The van der Waals surface area contributed by atoms with E-state index >= 15 is 0 Å². The van der Waals surface area contributed by atoms with Crippen molar-refractivity contribution in [1.29, 1.82) is 0 Å². The van der Waals surface area contributed by atoms with Crippen LogP contribution in [0.3, 0.4) is 0 Å². The molecule has 0 aromatic heterocycles. The molecule has 3 rings (SSSR count). The van der Waals surface area contributed by atoms with Crippen LogP contribution in [0.25, 0.3) is 0 Å². The summed E-state index contributed by atoms with van der Waals surface area (Å²) in [7, 11) is 0. The van der Waals surface area contributed by atoms with Gasteiger partial charge in [-0.1, -0.05) is 6.92 Å². The molecule has 24 heavy (non-hydrogen) atoms. The van der Waals surface area contributed by atoms with Gasteiger partial charge in [0.05, 0.1) is 5.92 Å². The first-order valence-corrected chi connectivity index (χ1v) is 9.63. The first-order valence-electron chi connectivity index (χ1n) is 9.63. The van der Waals surface area contributed by atoms with E-state index < -0.39 is 0 Å². The lowest BCUT2D eigenvalue weighted by molar-refractivity contribution is -0.137. The molecule has 2 amide bonds. The fourth-order valence-corrected chi connectivity index (χ4v) is 4.53. The minimum atomic E-state index is -0.136. The number of piperidine rings is 1. The van der Waals surface area contributed by atoms with Crippen LogP contribution >= 0.6 is 0 Å². The Labute approximate surface area is 145 Å². The summed E-state index contributed by atoms with van der Waals surface area (Å²) in [5.74, 6) is 0.759. The Morgan fingerprint density at radius 1 is 1.21 bits per heavy atom. The molecule has 2 atom stereocenters. The highest BCUT2D eigenvalue weighted by Gasteiger charge is 2.39. The fourth-order valence-electron chi connectivity index (χ4n) is 4.53. The third-order valence-electron chi connectivity index (χ3n) is 6.16. The van der Waals surface area contributed by atoms with Crippen molar-refractivity contribution >= 4 is 11.8 Å². The number of hydrogen-bond donors (Lipinski definition) is 1. The van der Waals surface area contributed by atoms with Crippen LogP contribution in [-0.2, 0) is 9.59 Å². The number of amides is 2. The van der Waals surface area contributed by atoms with E-state index in [4.69, 9.17) is 5.73 Å². The summed E-state index contributed by atoms with van der Waals surface area (Å²) < 4.78 is 0. The minimum Gasteiger partial charge on any atom is -0.342 e. The SMILES string of the molecule is CCN1CCCC1CN1CC(C(=O)N2CCC(CN)CC2)CC1=O. The van der Waals surface area contributed by atoms with E-state index in [9.17, 15) is 9.59 Å². The molecule has 0 aliphatic carbocycles. The van der Waals surface area contributed by atoms with Crippen molar-refractivity contribution < 1.29 is 9.59 Å². The number of likely N-dealkylation sites (N-methyl/N-ethyl adjacent to an activating group) is 1. The molecular formula is C18H32N4O2. The highest BCUT2D eigenvalue weighted by atomic mass is 16.2. The number of likely N-dealkylation sites (tertiary alicyclic amines) is 3. The van der Waals surface area contributed by atoms with Crippen molar-refractivity contribution in [2.45, 2.75) is 45.1 Å². The van der Waals surface area contributed by atoms with Gasteiger partial charge in [0.15, 0.2) is 0 Å². The lowest BCUT2D eigenvalue weighted by Gasteiger charge is -2.33. The lowest BCUT2D eigenvalue weighted by Crippen LogP contribution is -2.44. The molecule has 3 aliphatic heterocycles. The number of nitrogens with two attached hydrogens (primary N) is 1. The Morgan fingerprint density at radius 2 is 1.96 bits per heavy atom. The molecule has 0 saturated carbocycles. The summed E-state index contributed by atoms with van der Waals surface area (Å²) in [4.78, 5) is 31.5. The van der Waals surface area contributed by atoms with Gasteiger partial charge in [-0.15, -0.1) is 0 Å². The monoisotopic (exact) mass is 336 g/mol. The van der Waals surface area contributed by atoms with Crippen LogP contribution in [0.5, 0.6) is 0 Å². The Morgan fingerprint density at radius 3 is 2.62 bits per heavy atom. The van der Waals surface area contributed by atoms with Crippen LogP contribution in [0.2, 0.25) is 0 Å². The first kappa shape index (κ1) is 17.7. The molecule has 6 nitrogen and oxygen atoms in total. The molecule has 3 aliphatic rings. The average Bonchev–Trinajstić information content (AvgIpc) is 3.21. The van der Waals surface area contributed by atoms with Gasteiger partial charge in [0, 0.05) is 38.6 Å². The number of carbonyl (C=O) groups is 2. The number of carbonyl (C=O) groups excluding carboxylic acids is 2. The molecule has 2 N–H and O–H groups in total. The number of hydrogen-bond acceptors (Lipinski definition) is 4. The summed E-state index contributed by atoms with van der Waals surface area (Å²) in [6.45, 7) is 8.10. The molecule has 0 radical (unpaired) electrons. The van der Waals surface area contributed by atoms with E-state index in [1.807, 2.05) is 9.80 Å². The van der Waals surface area contributed by atoms with Gasteiger partial charge < -0.3 is 15.5 Å². The molecule has 0 spiro atoms. The molecule has 6 heteroatoms. The summed E-state index contributed by atoms with van der Waals surface area (Å²) in [5, 5.41) is 0. The van der Waals surface area contributed by atoms with Gasteiger partial charge in [-0.2, -0.15) is 0 Å². The number of rotatable bonds is 5. The zero-order valence-corrected chi connectivity index (χ0v) is 15.0. The van der Waals surface area contributed by atoms with E-state index in [2.05, 4.69) is 11.8 Å². The molecule has 136 valence electrons. The quantitative estimate of drug-likeness (QED) is 0.794. The average molecular weight is 336 g/mol. The van der Waals surface area contributed by atoms with Crippen molar-refractivity contribution in [1.82, 2.24) is 14.7 Å². The van der Waals surface area contributed by atoms with Gasteiger partial charge in [-0.25, -0.2) is 0 Å². The van der Waals surface area contributed by atoms with Gasteiger partial charge in [-0.3, -0.25) is 14.5 Å². The Bertz CT molecular complexity index is 462. The maximum atomic E-state index is 12.7. The molecule has 2 unspecified atom stereocenters. The fraction of sp³-hybridized carbons (Fsp3) is 0.889. The van der Waals surface area contributed by atoms with Crippen molar-refractivity contribution in [3.8, 4) is 0 Å². The van der Waals surface area contributed by atoms with Crippen LogP contribution in [0.4, 0.5) is 0 Å². The van der Waals surface area contributed by atoms with E-state index in [-0.39, 0.29) is 17.7 Å². The van der Waals surface area contributed by atoms with Crippen LogP contribution in [0.15, 0.2) is 0 Å². The highest BCUT2D eigenvalue weighted by Crippen LogP contribution is 2.26. The van der Waals surface area contributed by atoms with Crippen LogP contribution < -0.4 is 5.73 Å². The van der Waals surface area contributed by atoms with Crippen molar-refractivity contribution in [3.63, 3.8) is 0 Å². The summed E-state index contributed by atoms with van der Waals surface area (Å²) in [5.41, 5.74) is 5.72. The van der Waals surface area contributed by atoms with Crippen LogP contribution in [0, 0.1) is 11.8 Å².